The molecule has 0 radical (unpaired) electrons. The fraction of sp³-hybridized carbons (Fsp3) is 0.263. The molecule has 0 aliphatic rings. The summed E-state index contributed by atoms with van der Waals surface area (Å²) in [6.45, 7) is 3.03. The van der Waals surface area contributed by atoms with E-state index in [2.05, 4.69) is 27.5 Å². The lowest BCUT2D eigenvalue weighted by molar-refractivity contribution is -0.383. The van der Waals surface area contributed by atoms with E-state index in [1.807, 2.05) is 0 Å². The Morgan fingerprint density at radius 1 is 1.18 bits per heavy atom. The first-order valence-electron chi connectivity index (χ1n) is 8.93. The maximum Gasteiger partial charge on any atom is 0.353 e. The van der Waals surface area contributed by atoms with Crippen LogP contribution in [-0.4, -0.2) is 21.5 Å². The highest BCUT2D eigenvalue weighted by Crippen LogP contribution is 2.31. The quantitative estimate of drug-likeness (QED) is 0.298. The molecule has 0 spiro atoms. The lowest BCUT2D eigenvalue weighted by Crippen LogP contribution is -2.08. The topological polar surface area (TPSA) is 115 Å². The minimum Gasteiger partial charge on any atom is -0.494 e. The van der Waals surface area contributed by atoms with Crippen LogP contribution in [0.25, 0.3) is 0 Å². The van der Waals surface area contributed by atoms with Crippen LogP contribution in [-0.2, 0) is 6.54 Å². The molecule has 3 rings (SSSR count). The average Bonchev–Trinajstić information content (AvgIpc) is 3.21. The summed E-state index contributed by atoms with van der Waals surface area (Å²) in [6, 6.07) is 10.7. The molecule has 2 aromatic heterocycles. The maximum absolute atomic E-state index is 11.6. The smallest absolute Gasteiger partial charge is 0.353 e. The summed E-state index contributed by atoms with van der Waals surface area (Å²) in [6.07, 6.45) is 4.85. The molecule has 0 aliphatic heterocycles. The number of hydrogen-bond acceptors (Lipinski definition) is 8. The summed E-state index contributed by atoms with van der Waals surface area (Å²) in [5, 5.41) is 17.5. The van der Waals surface area contributed by atoms with E-state index in [9.17, 15) is 10.1 Å². The zero-order valence-corrected chi connectivity index (χ0v) is 15.4. The van der Waals surface area contributed by atoms with Crippen LogP contribution >= 0.6 is 0 Å². The third kappa shape index (κ3) is 4.97. The van der Waals surface area contributed by atoms with Crippen LogP contribution in [0.3, 0.4) is 0 Å². The van der Waals surface area contributed by atoms with Crippen LogP contribution in [0.2, 0.25) is 0 Å². The first kappa shape index (κ1) is 19.2. The summed E-state index contributed by atoms with van der Waals surface area (Å²) in [4.78, 5) is 19.1. The van der Waals surface area contributed by atoms with Crippen LogP contribution in [0.15, 0.2) is 53.4 Å². The summed E-state index contributed by atoms with van der Waals surface area (Å²) in [5.74, 6) is 1.60. The van der Waals surface area contributed by atoms with E-state index in [0.29, 0.717) is 18.1 Å². The van der Waals surface area contributed by atoms with Gasteiger partial charge < -0.3 is 19.8 Å². The first-order valence-corrected chi connectivity index (χ1v) is 8.93. The number of ether oxygens (including phenoxy) is 1. The van der Waals surface area contributed by atoms with Gasteiger partial charge in [-0.15, -0.1) is 0 Å². The largest absolute Gasteiger partial charge is 0.494 e. The van der Waals surface area contributed by atoms with Crippen molar-refractivity contribution in [1.29, 1.82) is 0 Å². The highest BCUT2D eigenvalue weighted by molar-refractivity contribution is 5.73. The molecule has 0 saturated heterocycles. The molecular formula is C19H21N5O4. The van der Waals surface area contributed by atoms with E-state index in [0.717, 1.165) is 18.6 Å². The van der Waals surface area contributed by atoms with Gasteiger partial charge in [-0.25, -0.2) is 9.97 Å². The van der Waals surface area contributed by atoms with Crippen molar-refractivity contribution in [3.05, 3.63) is 64.9 Å². The Kier molecular flexibility index (Phi) is 6.40. The van der Waals surface area contributed by atoms with E-state index in [-0.39, 0.29) is 23.9 Å². The molecular weight excluding hydrogens is 362 g/mol. The van der Waals surface area contributed by atoms with Gasteiger partial charge in [0.2, 0.25) is 11.6 Å². The Bertz CT molecular complexity index is 897. The van der Waals surface area contributed by atoms with Gasteiger partial charge in [0.1, 0.15) is 17.8 Å². The van der Waals surface area contributed by atoms with Gasteiger partial charge in [0, 0.05) is 5.69 Å². The zero-order chi connectivity index (χ0) is 19.8. The fourth-order valence-corrected chi connectivity index (χ4v) is 2.46. The Morgan fingerprint density at radius 2 is 1.96 bits per heavy atom. The number of anilines is 3. The second-order valence-electron chi connectivity index (χ2n) is 5.96. The fourth-order valence-electron chi connectivity index (χ4n) is 2.46. The van der Waals surface area contributed by atoms with E-state index >= 15 is 0 Å². The molecule has 28 heavy (non-hydrogen) atoms. The molecule has 0 fully saturated rings. The van der Waals surface area contributed by atoms with Gasteiger partial charge in [0.25, 0.3) is 0 Å². The molecule has 3 aromatic rings. The number of nitro groups is 1. The van der Waals surface area contributed by atoms with Gasteiger partial charge in [-0.05, 0) is 42.8 Å². The van der Waals surface area contributed by atoms with Crippen LogP contribution in [0.4, 0.5) is 23.0 Å². The molecule has 0 atom stereocenters. The maximum atomic E-state index is 11.6. The number of nitrogens with one attached hydrogen (secondary N) is 2. The predicted octanol–water partition coefficient (Wildman–Crippen LogP) is 4.51. The third-order valence-corrected chi connectivity index (χ3v) is 3.90. The van der Waals surface area contributed by atoms with Crippen molar-refractivity contribution in [2.75, 3.05) is 17.2 Å². The van der Waals surface area contributed by atoms with Crippen LogP contribution < -0.4 is 15.4 Å². The van der Waals surface area contributed by atoms with Crippen molar-refractivity contribution in [2.24, 2.45) is 0 Å². The van der Waals surface area contributed by atoms with Gasteiger partial charge in [-0.3, -0.25) is 10.1 Å². The molecule has 1 aromatic carbocycles. The number of benzene rings is 1. The van der Waals surface area contributed by atoms with Crippen molar-refractivity contribution >= 4 is 23.0 Å². The average molecular weight is 383 g/mol. The van der Waals surface area contributed by atoms with Gasteiger partial charge >= 0.3 is 5.69 Å². The number of unbranched alkanes of at least 4 members (excludes halogenated alkanes) is 1. The van der Waals surface area contributed by atoms with Gasteiger partial charge in [-0.2, -0.15) is 0 Å². The van der Waals surface area contributed by atoms with Gasteiger partial charge in [-0.1, -0.05) is 13.3 Å². The molecule has 146 valence electrons. The SMILES string of the molecule is CCCCOc1ccc(Nc2ncnc(NCc3ccco3)c2[N+](=O)[O-])cc1. The molecule has 0 aliphatic carbocycles. The van der Waals surface area contributed by atoms with E-state index < -0.39 is 4.92 Å². The Hall–Kier alpha value is -3.62. The van der Waals surface area contributed by atoms with Crippen LogP contribution in [0.1, 0.15) is 25.5 Å². The monoisotopic (exact) mass is 383 g/mol. The minimum absolute atomic E-state index is 0.0987. The predicted molar refractivity (Wildman–Crippen MR) is 105 cm³/mol. The zero-order valence-electron chi connectivity index (χ0n) is 15.4. The van der Waals surface area contributed by atoms with Crippen molar-refractivity contribution < 1.29 is 14.1 Å². The molecule has 0 amide bonds. The molecule has 2 heterocycles. The van der Waals surface area contributed by atoms with E-state index in [1.165, 1.54) is 12.6 Å². The summed E-state index contributed by atoms with van der Waals surface area (Å²) in [7, 11) is 0. The standard InChI is InChI=1S/C19H21N5O4/c1-2-3-10-27-15-8-6-14(7-9-15)23-19-17(24(25)26)18(21-13-22-19)20-12-16-5-4-11-28-16/h4-9,11,13H,2-3,10,12H2,1H3,(H2,20,21,22,23). The highest BCUT2D eigenvalue weighted by atomic mass is 16.6. The van der Waals surface area contributed by atoms with Crippen molar-refractivity contribution in [1.82, 2.24) is 9.97 Å². The van der Waals surface area contributed by atoms with Crippen LogP contribution in [0.5, 0.6) is 5.75 Å². The van der Waals surface area contributed by atoms with Crippen LogP contribution in [0, 0.1) is 10.1 Å². The van der Waals surface area contributed by atoms with Crippen molar-refractivity contribution in [3.63, 3.8) is 0 Å². The second kappa shape index (κ2) is 9.36. The molecule has 9 heteroatoms. The summed E-state index contributed by atoms with van der Waals surface area (Å²) in [5.41, 5.74) is 0.416. The molecule has 9 nitrogen and oxygen atoms in total. The number of aromatic nitrogens is 2. The van der Waals surface area contributed by atoms with Crippen molar-refractivity contribution in [2.45, 2.75) is 26.3 Å². The minimum atomic E-state index is -0.519. The third-order valence-electron chi connectivity index (χ3n) is 3.90. The first-order chi connectivity index (χ1) is 13.7. The Morgan fingerprint density at radius 3 is 2.64 bits per heavy atom. The molecule has 0 unspecified atom stereocenters. The second-order valence-corrected chi connectivity index (χ2v) is 5.96. The number of nitrogens with zero attached hydrogens (tertiary/aromatic N) is 3. The highest BCUT2D eigenvalue weighted by Gasteiger charge is 2.23. The Balaban J connectivity index is 1.73. The molecule has 0 saturated carbocycles. The number of hydrogen-bond donors (Lipinski definition) is 2. The number of furan rings is 1. The van der Waals surface area contributed by atoms with E-state index in [1.54, 1.807) is 36.4 Å². The lowest BCUT2D eigenvalue weighted by Gasteiger charge is -2.10. The van der Waals surface area contributed by atoms with Gasteiger partial charge in [0.05, 0.1) is 24.3 Å². The molecule has 2 N–H and O–H groups in total. The molecule has 0 bridgehead atoms. The lowest BCUT2D eigenvalue weighted by atomic mass is 10.3. The Labute approximate surface area is 161 Å². The van der Waals surface area contributed by atoms with Crippen molar-refractivity contribution in [3.8, 4) is 5.75 Å². The van der Waals surface area contributed by atoms with Gasteiger partial charge in [0.15, 0.2) is 0 Å². The van der Waals surface area contributed by atoms with E-state index in [4.69, 9.17) is 9.15 Å². The summed E-state index contributed by atoms with van der Waals surface area (Å²) < 4.78 is 10.8. The number of rotatable bonds is 10. The summed E-state index contributed by atoms with van der Waals surface area (Å²) >= 11 is 0. The normalized spacial score (nSPS) is 10.5.